The third-order valence-corrected chi connectivity index (χ3v) is 13.2. The van der Waals surface area contributed by atoms with Crippen molar-refractivity contribution in [3.8, 4) is 0 Å². The Labute approximate surface area is 364 Å². The van der Waals surface area contributed by atoms with E-state index in [0.29, 0.717) is 0 Å². The zero-order chi connectivity index (χ0) is 39.8. The van der Waals surface area contributed by atoms with E-state index in [1.165, 1.54) is 54.8 Å². The number of benzene rings is 8. The molecule has 1 nitrogen and oxygen atoms in total. The summed E-state index contributed by atoms with van der Waals surface area (Å²) in [6.07, 6.45) is 4.51. The molecule has 4 heteroatoms. The van der Waals surface area contributed by atoms with Crippen molar-refractivity contribution in [1.82, 2.24) is 4.90 Å². The van der Waals surface area contributed by atoms with Gasteiger partial charge < -0.3 is 4.90 Å². The average molecular weight is 826 g/mol. The van der Waals surface area contributed by atoms with Crippen LogP contribution in [0, 0.1) is 18.8 Å². The fourth-order valence-electron chi connectivity index (χ4n) is 8.01. The maximum absolute atomic E-state index is 2.29. The summed E-state index contributed by atoms with van der Waals surface area (Å²) in [4.78, 5) is 2.22. The first kappa shape index (κ1) is 43.3. The van der Waals surface area contributed by atoms with Crippen LogP contribution in [-0.2, 0) is 16.5 Å². The Balaban J connectivity index is 0.000000154. The predicted molar refractivity (Wildman–Crippen MR) is 255 cm³/mol. The first-order valence-corrected chi connectivity index (χ1v) is 21.6. The van der Waals surface area contributed by atoms with Crippen molar-refractivity contribution < 1.29 is 16.5 Å². The van der Waals surface area contributed by atoms with E-state index in [1.807, 2.05) is 0 Å². The maximum Gasteiger partial charge on any atom is 2.00 e. The summed E-state index contributed by atoms with van der Waals surface area (Å²) in [6.45, 7) is 1.12. The summed E-state index contributed by atoms with van der Waals surface area (Å²) < 4.78 is 0. The Kier molecular flexibility index (Phi) is 16.3. The Morgan fingerprint density at radius 2 is 0.610 bits per heavy atom. The van der Waals surface area contributed by atoms with Crippen molar-refractivity contribution in [2.75, 3.05) is 20.6 Å². The number of hydrogen-bond acceptors (Lipinski definition) is 1. The molecule has 293 valence electrons. The molecule has 3 radical (unpaired) electrons. The molecular weight excluding hydrogens is 775 g/mol. The standard InChI is InChI=1S/C24H20B.C18H15P.C13H16N.Ni/c1-5-13-21(14-6-1)25(22-15-7-2-8-16-22,23-17-9-3-10-18-23)24-19-11-4-12-20-24;1-4-10-16(11-5-1)19(17-12-6-2-7-13-17)18-14-8-3-9-15-18;1-14(2)8-7-11-9-12-5-3-4-6-13(12)10-11;/h1-20H;1-15H;3-6,9-10H,7-8H2,1-2H3;/q-1;;;+2. The van der Waals surface area contributed by atoms with Crippen LogP contribution in [-0.4, -0.2) is 31.7 Å². The molecule has 0 fully saturated rings. The van der Waals surface area contributed by atoms with E-state index in [0.717, 1.165) is 13.0 Å². The van der Waals surface area contributed by atoms with Crippen LogP contribution in [0.4, 0.5) is 0 Å². The van der Waals surface area contributed by atoms with Gasteiger partial charge in [0, 0.05) is 0 Å². The maximum atomic E-state index is 2.29. The molecule has 0 aromatic heterocycles. The van der Waals surface area contributed by atoms with E-state index in [-0.39, 0.29) is 16.5 Å². The minimum absolute atomic E-state index is 0. The largest absolute Gasteiger partial charge is 2.00 e. The Morgan fingerprint density at radius 1 is 0.356 bits per heavy atom. The van der Waals surface area contributed by atoms with Crippen LogP contribution in [0.2, 0.25) is 0 Å². The van der Waals surface area contributed by atoms with Crippen LogP contribution < -0.4 is 37.8 Å². The van der Waals surface area contributed by atoms with E-state index in [9.17, 15) is 0 Å². The smallest absolute Gasteiger partial charge is 0.309 e. The zero-order valence-electron chi connectivity index (χ0n) is 33.9. The first-order valence-electron chi connectivity index (χ1n) is 20.2. The number of rotatable bonds is 10. The third kappa shape index (κ3) is 11.1. The number of hydrogen-bond donors (Lipinski definition) is 0. The summed E-state index contributed by atoms with van der Waals surface area (Å²) in [7, 11) is 3.78. The van der Waals surface area contributed by atoms with Gasteiger partial charge in [0.2, 0.25) is 0 Å². The second-order valence-corrected chi connectivity index (χ2v) is 17.1. The Bertz CT molecular complexity index is 2080. The molecule has 8 aromatic rings. The molecule has 0 N–H and O–H groups in total. The topological polar surface area (TPSA) is 3.24 Å². The summed E-state index contributed by atoms with van der Waals surface area (Å²) in [6, 6.07) is 84.4. The molecule has 0 atom stereocenters. The molecule has 1 aliphatic rings. The number of nitrogens with zero attached hydrogens (tertiary/aromatic N) is 1. The monoisotopic (exact) mass is 825 g/mol. The average Bonchev–Trinajstić information content (AvgIpc) is 3.73. The molecule has 0 heterocycles. The summed E-state index contributed by atoms with van der Waals surface area (Å²) >= 11 is 0. The Hall–Kier alpha value is -5.29. The van der Waals surface area contributed by atoms with Gasteiger partial charge in [-0.05, 0) is 80.8 Å². The minimum Gasteiger partial charge on any atom is -0.309 e. The van der Waals surface area contributed by atoms with Gasteiger partial charge in [-0.1, -0.05) is 237 Å². The van der Waals surface area contributed by atoms with Crippen molar-refractivity contribution in [2.24, 2.45) is 0 Å². The van der Waals surface area contributed by atoms with Crippen molar-refractivity contribution in [3.63, 3.8) is 0 Å². The van der Waals surface area contributed by atoms with E-state index in [1.54, 1.807) is 0 Å². The molecule has 0 saturated carbocycles. The van der Waals surface area contributed by atoms with Gasteiger partial charge in [0.25, 0.3) is 0 Å². The fraction of sp³-hybridized carbons (Fsp3) is 0.0727. The van der Waals surface area contributed by atoms with Gasteiger partial charge in [0.15, 0.2) is 0 Å². The second kappa shape index (κ2) is 22.2. The Morgan fingerprint density at radius 3 is 0.881 bits per heavy atom. The van der Waals surface area contributed by atoms with Crippen molar-refractivity contribution >= 4 is 51.8 Å². The molecule has 0 aliphatic heterocycles. The van der Waals surface area contributed by atoms with Crippen LogP contribution in [0.25, 0.3) is 0 Å². The van der Waals surface area contributed by atoms with E-state index < -0.39 is 14.1 Å². The summed E-state index contributed by atoms with van der Waals surface area (Å²) in [5.41, 5.74) is 8.08. The molecule has 0 bridgehead atoms. The van der Waals surface area contributed by atoms with Gasteiger partial charge in [-0.3, -0.25) is 0 Å². The molecule has 0 spiro atoms. The predicted octanol–water partition coefficient (Wildman–Crippen LogP) is 8.84. The zero-order valence-corrected chi connectivity index (χ0v) is 35.8. The molecular formula is C55H51BNNiP+. The van der Waals surface area contributed by atoms with Crippen molar-refractivity contribution in [1.29, 1.82) is 0 Å². The van der Waals surface area contributed by atoms with Gasteiger partial charge in [-0.25, -0.2) is 0 Å². The number of fused-ring (bicyclic) bond motifs is 1. The fourth-order valence-corrected chi connectivity index (χ4v) is 10.3. The van der Waals surface area contributed by atoms with Crippen molar-refractivity contribution in [3.05, 3.63) is 266 Å². The van der Waals surface area contributed by atoms with Gasteiger partial charge in [-0.15, -0.1) is 0 Å². The van der Waals surface area contributed by atoms with Gasteiger partial charge >= 0.3 is 16.5 Å². The molecule has 0 unspecified atom stereocenters. The van der Waals surface area contributed by atoms with Crippen LogP contribution in [0.3, 0.4) is 0 Å². The van der Waals surface area contributed by atoms with Crippen LogP contribution >= 0.6 is 7.92 Å². The SMILES string of the molecule is CN(C)CC[C]1[CH]c2ccccc2[CH]1.[Ni+2].c1ccc(P(c2ccccc2)c2ccccc2)cc1.c1ccc([B-](c2ccccc2)(c2ccccc2)c2ccccc2)cc1. The quantitative estimate of drug-likeness (QED) is 0.0985. The summed E-state index contributed by atoms with van der Waals surface area (Å²) in [5.74, 6) is 1.44. The van der Waals surface area contributed by atoms with Gasteiger partial charge in [0.05, 0.1) is 0 Å². The molecule has 0 saturated heterocycles. The second-order valence-electron chi connectivity index (χ2n) is 14.9. The van der Waals surface area contributed by atoms with Crippen LogP contribution in [0.1, 0.15) is 17.5 Å². The third-order valence-electron chi connectivity index (χ3n) is 10.8. The molecule has 8 aromatic carbocycles. The molecule has 0 amide bonds. The molecule has 59 heavy (non-hydrogen) atoms. The normalized spacial score (nSPS) is 12.0. The molecule has 1 aliphatic carbocycles. The summed E-state index contributed by atoms with van der Waals surface area (Å²) in [5, 5.41) is 4.19. The van der Waals surface area contributed by atoms with E-state index >= 15 is 0 Å². The first-order chi connectivity index (χ1) is 28.6. The van der Waals surface area contributed by atoms with Crippen LogP contribution in [0.15, 0.2) is 237 Å². The van der Waals surface area contributed by atoms with E-state index in [2.05, 4.69) is 268 Å². The minimum atomic E-state index is -1.22. The van der Waals surface area contributed by atoms with E-state index in [4.69, 9.17) is 0 Å². The van der Waals surface area contributed by atoms with Gasteiger partial charge in [-0.2, -0.15) is 21.9 Å². The van der Waals surface area contributed by atoms with Gasteiger partial charge in [0.1, 0.15) is 6.15 Å². The van der Waals surface area contributed by atoms with Crippen LogP contribution in [0.5, 0.6) is 0 Å². The molecule has 9 rings (SSSR count). The van der Waals surface area contributed by atoms with Crippen molar-refractivity contribution in [2.45, 2.75) is 6.42 Å².